The quantitative estimate of drug-likeness (QED) is 0.800. The lowest BCUT2D eigenvalue weighted by Crippen LogP contribution is -2.07. The summed E-state index contributed by atoms with van der Waals surface area (Å²) in [6.07, 6.45) is 0. The maximum absolute atomic E-state index is 13.5. The molecule has 0 amide bonds. The van der Waals surface area contributed by atoms with Crippen LogP contribution < -0.4 is 0 Å². The van der Waals surface area contributed by atoms with Gasteiger partial charge in [-0.15, -0.1) is 0 Å². The van der Waals surface area contributed by atoms with E-state index in [1.807, 2.05) is 4.57 Å². The van der Waals surface area contributed by atoms with Gasteiger partial charge in [-0.05, 0) is 22.0 Å². The highest BCUT2D eigenvalue weighted by atomic mass is 79.9. The van der Waals surface area contributed by atoms with Crippen LogP contribution in [-0.4, -0.2) is 40.1 Å². The maximum Gasteiger partial charge on any atom is 0.313 e. The Hall–Kier alpha value is -1.12. The molecule has 0 fully saturated rings. The summed E-state index contributed by atoms with van der Waals surface area (Å²) in [5.74, 6) is -1.42. The number of carbonyl (C=O) groups is 1. The van der Waals surface area contributed by atoms with E-state index in [9.17, 15) is 9.18 Å². The summed E-state index contributed by atoms with van der Waals surface area (Å²) in [6, 6.07) is 2.96. The van der Waals surface area contributed by atoms with Crippen LogP contribution in [0.2, 0.25) is 0 Å². The third kappa shape index (κ3) is 3.31. The van der Waals surface area contributed by atoms with Gasteiger partial charge in [-0.2, -0.15) is 0 Å². The van der Waals surface area contributed by atoms with Crippen LogP contribution in [-0.2, 0) is 16.1 Å². The Bertz CT molecular complexity index is 647. The Kier molecular flexibility index (Phi) is 5.00. The van der Waals surface area contributed by atoms with Crippen LogP contribution in [0.15, 0.2) is 21.8 Å². The predicted molar refractivity (Wildman–Crippen MR) is 77.6 cm³/mol. The summed E-state index contributed by atoms with van der Waals surface area (Å²) in [4.78, 5) is 15.0. The fourth-order valence-electron chi connectivity index (χ4n) is 1.73. The van der Waals surface area contributed by atoms with E-state index in [1.54, 1.807) is 13.2 Å². The van der Waals surface area contributed by atoms with Crippen LogP contribution in [0.25, 0.3) is 11.0 Å². The van der Waals surface area contributed by atoms with Gasteiger partial charge in [0.25, 0.3) is 0 Å². The number of rotatable bonds is 6. The van der Waals surface area contributed by atoms with Crippen LogP contribution in [0.5, 0.6) is 0 Å². The van der Waals surface area contributed by atoms with E-state index in [0.717, 1.165) is 17.3 Å². The Morgan fingerprint density at radius 3 is 3.00 bits per heavy atom. The fraction of sp³-hybridized carbons (Fsp3) is 0.333. The zero-order valence-electron chi connectivity index (χ0n) is 10.6. The fourth-order valence-corrected chi connectivity index (χ4v) is 2.83. The highest BCUT2D eigenvalue weighted by Gasteiger charge is 2.14. The number of imidazole rings is 1. The largest absolute Gasteiger partial charge is 0.481 e. The molecule has 0 aliphatic carbocycles. The molecule has 2 rings (SSSR count). The maximum atomic E-state index is 13.5. The van der Waals surface area contributed by atoms with Crippen LogP contribution in [0.4, 0.5) is 4.39 Å². The molecule has 0 aliphatic rings. The Labute approximate surface area is 127 Å². The summed E-state index contributed by atoms with van der Waals surface area (Å²) in [5.41, 5.74) is 1.23. The van der Waals surface area contributed by atoms with Gasteiger partial charge < -0.3 is 14.4 Å². The molecule has 0 unspecified atom stereocenters. The zero-order valence-corrected chi connectivity index (χ0v) is 13.0. The number of hydrogen-bond acceptors (Lipinski definition) is 4. The lowest BCUT2D eigenvalue weighted by molar-refractivity contribution is -0.133. The van der Waals surface area contributed by atoms with Crippen LogP contribution >= 0.6 is 27.7 Å². The first kappa shape index (κ1) is 15.3. The molecule has 1 aromatic carbocycles. The van der Waals surface area contributed by atoms with Crippen molar-refractivity contribution in [3.05, 3.63) is 22.4 Å². The average Bonchev–Trinajstić information content (AvgIpc) is 2.72. The van der Waals surface area contributed by atoms with Crippen molar-refractivity contribution in [3.8, 4) is 0 Å². The topological polar surface area (TPSA) is 64.3 Å². The number of methoxy groups -OCH3 is 1. The summed E-state index contributed by atoms with van der Waals surface area (Å²) >= 11 is 4.24. The van der Waals surface area contributed by atoms with Crippen molar-refractivity contribution in [2.24, 2.45) is 0 Å². The number of carboxylic acids is 1. The summed E-state index contributed by atoms with van der Waals surface area (Å²) < 4.78 is 20.7. The van der Waals surface area contributed by atoms with E-state index in [4.69, 9.17) is 9.84 Å². The number of benzene rings is 1. The third-order valence-corrected chi connectivity index (χ3v) is 4.17. The molecule has 5 nitrogen and oxygen atoms in total. The average molecular weight is 363 g/mol. The molecule has 0 atom stereocenters. The highest BCUT2D eigenvalue weighted by Crippen LogP contribution is 2.28. The van der Waals surface area contributed by atoms with Gasteiger partial charge in [-0.3, -0.25) is 4.79 Å². The SMILES string of the molecule is COCCn1c(SCC(=O)O)nc2cc(F)c(Br)cc21. The van der Waals surface area contributed by atoms with Crippen LogP contribution in [0, 0.1) is 5.82 Å². The molecule has 1 aromatic heterocycles. The number of nitrogens with zero attached hydrogens (tertiary/aromatic N) is 2. The predicted octanol–water partition coefficient (Wildman–Crippen LogP) is 2.76. The summed E-state index contributed by atoms with van der Waals surface area (Å²) in [6.45, 7) is 0.980. The van der Waals surface area contributed by atoms with E-state index in [-0.39, 0.29) is 5.75 Å². The van der Waals surface area contributed by atoms with E-state index < -0.39 is 11.8 Å². The molecule has 2 aromatic rings. The van der Waals surface area contributed by atoms with Crippen molar-refractivity contribution in [1.29, 1.82) is 0 Å². The van der Waals surface area contributed by atoms with Crippen molar-refractivity contribution in [2.45, 2.75) is 11.7 Å². The van der Waals surface area contributed by atoms with Crippen molar-refractivity contribution in [3.63, 3.8) is 0 Å². The molecule has 108 valence electrons. The second kappa shape index (κ2) is 6.55. The molecule has 0 saturated carbocycles. The molecule has 1 heterocycles. The first-order chi connectivity index (χ1) is 9.52. The van der Waals surface area contributed by atoms with Gasteiger partial charge in [0, 0.05) is 19.7 Å². The minimum absolute atomic E-state index is 0.0973. The minimum atomic E-state index is -0.923. The zero-order chi connectivity index (χ0) is 14.7. The highest BCUT2D eigenvalue weighted by molar-refractivity contribution is 9.10. The minimum Gasteiger partial charge on any atom is -0.481 e. The van der Waals surface area contributed by atoms with Gasteiger partial charge in [0.2, 0.25) is 0 Å². The number of hydrogen-bond donors (Lipinski definition) is 1. The Morgan fingerprint density at radius 2 is 2.35 bits per heavy atom. The van der Waals surface area contributed by atoms with E-state index in [0.29, 0.717) is 28.3 Å². The molecule has 0 aliphatic heterocycles. The van der Waals surface area contributed by atoms with Crippen LogP contribution in [0.1, 0.15) is 0 Å². The van der Waals surface area contributed by atoms with E-state index >= 15 is 0 Å². The van der Waals surface area contributed by atoms with Gasteiger partial charge in [-0.1, -0.05) is 11.8 Å². The second-order valence-corrected chi connectivity index (χ2v) is 5.77. The van der Waals surface area contributed by atoms with Gasteiger partial charge in [0.15, 0.2) is 5.16 Å². The normalized spacial score (nSPS) is 11.2. The van der Waals surface area contributed by atoms with E-state index in [1.165, 1.54) is 6.07 Å². The molecular weight excluding hydrogens is 351 g/mol. The smallest absolute Gasteiger partial charge is 0.313 e. The van der Waals surface area contributed by atoms with Gasteiger partial charge in [0.1, 0.15) is 5.82 Å². The molecule has 20 heavy (non-hydrogen) atoms. The van der Waals surface area contributed by atoms with Crippen molar-refractivity contribution in [1.82, 2.24) is 9.55 Å². The molecule has 1 N–H and O–H groups in total. The number of aliphatic carboxylic acids is 1. The van der Waals surface area contributed by atoms with Gasteiger partial charge in [-0.25, -0.2) is 9.37 Å². The number of ether oxygens (including phenoxy) is 1. The third-order valence-electron chi connectivity index (χ3n) is 2.60. The number of halogens is 2. The summed E-state index contributed by atoms with van der Waals surface area (Å²) in [7, 11) is 1.58. The van der Waals surface area contributed by atoms with Crippen molar-refractivity contribution < 1.29 is 19.0 Å². The number of thioether (sulfide) groups is 1. The molecule has 8 heteroatoms. The summed E-state index contributed by atoms with van der Waals surface area (Å²) in [5, 5.41) is 9.29. The monoisotopic (exact) mass is 362 g/mol. The van der Waals surface area contributed by atoms with Crippen molar-refractivity contribution in [2.75, 3.05) is 19.5 Å². The van der Waals surface area contributed by atoms with Gasteiger partial charge >= 0.3 is 5.97 Å². The molecule has 0 spiro atoms. The first-order valence-corrected chi connectivity index (χ1v) is 7.49. The molecule has 0 bridgehead atoms. The van der Waals surface area contributed by atoms with Crippen molar-refractivity contribution >= 4 is 44.7 Å². The van der Waals surface area contributed by atoms with Gasteiger partial charge in [0.05, 0.1) is 27.9 Å². The molecule has 0 radical (unpaired) electrons. The lowest BCUT2D eigenvalue weighted by atomic mass is 10.3. The lowest BCUT2D eigenvalue weighted by Gasteiger charge is -2.07. The van der Waals surface area contributed by atoms with E-state index in [2.05, 4.69) is 20.9 Å². The standard InChI is InChI=1S/C12H12BrFN2O3S/c1-19-3-2-16-10-4-7(13)8(14)5-9(10)15-12(16)20-6-11(17)18/h4-5H,2-3,6H2,1H3,(H,17,18). The Morgan fingerprint density at radius 1 is 1.60 bits per heavy atom. The van der Waals surface area contributed by atoms with Crippen LogP contribution in [0.3, 0.4) is 0 Å². The second-order valence-electron chi connectivity index (χ2n) is 3.98. The number of fused-ring (bicyclic) bond motifs is 1. The number of carboxylic acid groups (broad SMARTS) is 1. The number of aromatic nitrogens is 2. The Balaban J connectivity index is 2.45. The first-order valence-electron chi connectivity index (χ1n) is 5.71. The molecular formula is C12H12BrFN2O3S. The molecule has 0 saturated heterocycles.